The summed E-state index contributed by atoms with van der Waals surface area (Å²) in [5, 5.41) is 10.0. The maximum absolute atomic E-state index is 11.9. The topological polar surface area (TPSA) is 57.6 Å². The van der Waals surface area contributed by atoms with Crippen LogP contribution < -0.4 is 4.90 Å². The summed E-state index contributed by atoms with van der Waals surface area (Å²) in [6.45, 7) is 0. The van der Waals surface area contributed by atoms with Crippen molar-refractivity contribution >= 4 is 40.6 Å². The minimum absolute atomic E-state index is 0.00880. The number of carboxylic acids is 1. The van der Waals surface area contributed by atoms with E-state index in [1.165, 1.54) is 18.2 Å². The molecular formula is C18H13Cl2NO3. The van der Waals surface area contributed by atoms with E-state index in [0.29, 0.717) is 10.0 Å². The molecule has 1 N–H and O–H groups in total. The fourth-order valence-electron chi connectivity index (χ4n) is 2.71. The molecule has 2 aromatic rings. The molecule has 1 aliphatic heterocycles. The predicted molar refractivity (Wildman–Crippen MR) is 93.8 cm³/mol. The van der Waals surface area contributed by atoms with E-state index < -0.39 is 5.97 Å². The highest BCUT2D eigenvalue weighted by Crippen LogP contribution is 2.35. The number of benzene rings is 2. The van der Waals surface area contributed by atoms with Gasteiger partial charge >= 0.3 is 5.97 Å². The van der Waals surface area contributed by atoms with E-state index in [1.54, 1.807) is 36.5 Å². The fraction of sp³-hybridized carbons (Fsp3) is 0.111. The summed E-state index contributed by atoms with van der Waals surface area (Å²) in [6, 6.07) is 11.4. The first-order valence-electron chi connectivity index (χ1n) is 7.23. The predicted octanol–water partition coefficient (Wildman–Crippen LogP) is 4.73. The van der Waals surface area contributed by atoms with Crippen LogP contribution in [0.5, 0.6) is 0 Å². The smallest absolute Gasteiger partial charge is 0.335 e. The standard InChI is InChI=1S/C18H13Cl2NO3/c19-13-7-12(8-14(20)9-13)17-10-16(22)5-6-21(17)15-3-1-11(2-4-15)18(23)24/h1-9,17H,10H2,(H,23,24). The van der Waals surface area contributed by atoms with Crippen LogP contribution in [0.25, 0.3) is 0 Å². The summed E-state index contributed by atoms with van der Waals surface area (Å²) in [5.74, 6) is -0.974. The summed E-state index contributed by atoms with van der Waals surface area (Å²) in [4.78, 5) is 24.8. The number of carboxylic acid groups (broad SMARTS) is 1. The number of nitrogens with zero attached hydrogens (tertiary/aromatic N) is 1. The number of carbonyl (C=O) groups is 2. The average molecular weight is 362 g/mol. The molecule has 0 bridgehead atoms. The Hall–Kier alpha value is -2.30. The van der Waals surface area contributed by atoms with Gasteiger partial charge in [0.15, 0.2) is 5.78 Å². The quantitative estimate of drug-likeness (QED) is 0.858. The summed E-state index contributed by atoms with van der Waals surface area (Å²) in [5.41, 5.74) is 1.82. The second-order valence-electron chi connectivity index (χ2n) is 5.46. The first kappa shape index (κ1) is 16.6. The summed E-state index contributed by atoms with van der Waals surface area (Å²) < 4.78 is 0. The number of aromatic carboxylic acids is 1. The van der Waals surface area contributed by atoms with E-state index in [0.717, 1.165) is 11.3 Å². The number of allylic oxidation sites excluding steroid dienone is 1. The lowest BCUT2D eigenvalue weighted by atomic mass is 9.96. The van der Waals surface area contributed by atoms with Gasteiger partial charge in [-0.15, -0.1) is 0 Å². The maximum Gasteiger partial charge on any atom is 0.335 e. The van der Waals surface area contributed by atoms with Gasteiger partial charge in [-0.3, -0.25) is 4.79 Å². The van der Waals surface area contributed by atoms with Crippen LogP contribution in [0.15, 0.2) is 54.7 Å². The summed E-state index contributed by atoms with van der Waals surface area (Å²) >= 11 is 12.2. The minimum Gasteiger partial charge on any atom is -0.478 e. The highest BCUT2D eigenvalue weighted by molar-refractivity contribution is 6.34. The highest BCUT2D eigenvalue weighted by Gasteiger charge is 2.26. The van der Waals surface area contributed by atoms with Gasteiger partial charge in [0.1, 0.15) is 0 Å². The molecule has 2 aromatic carbocycles. The first-order chi connectivity index (χ1) is 11.4. The van der Waals surface area contributed by atoms with E-state index in [2.05, 4.69) is 0 Å². The summed E-state index contributed by atoms with van der Waals surface area (Å²) in [7, 11) is 0. The molecule has 122 valence electrons. The molecule has 3 rings (SSSR count). The van der Waals surface area contributed by atoms with Crippen LogP contribution in [-0.4, -0.2) is 16.9 Å². The molecule has 6 heteroatoms. The molecule has 0 spiro atoms. The molecular weight excluding hydrogens is 349 g/mol. The van der Waals surface area contributed by atoms with Crippen molar-refractivity contribution in [2.75, 3.05) is 4.90 Å². The number of carbonyl (C=O) groups excluding carboxylic acids is 1. The largest absolute Gasteiger partial charge is 0.478 e. The Morgan fingerprint density at radius 3 is 2.29 bits per heavy atom. The Morgan fingerprint density at radius 1 is 1.08 bits per heavy atom. The minimum atomic E-state index is -0.982. The van der Waals surface area contributed by atoms with Crippen molar-refractivity contribution in [3.63, 3.8) is 0 Å². The lowest BCUT2D eigenvalue weighted by molar-refractivity contribution is -0.115. The first-order valence-corrected chi connectivity index (χ1v) is 7.98. The molecule has 0 aromatic heterocycles. The molecule has 4 nitrogen and oxygen atoms in total. The molecule has 0 saturated heterocycles. The SMILES string of the molecule is O=C1C=CN(c2ccc(C(=O)O)cc2)C(c2cc(Cl)cc(Cl)c2)C1. The number of hydrogen-bond acceptors (Lipinski definition) is 3. The van der Waals surface area contributed by atoms with E-state index in [-0.39, 0.29) is 23.8 Å². The van der Waals surface area contributed by atoms with Crippen LogP contribution >= 0.6 is 23.2 Å². The Labute approximate surface area is 148 Å². The Morgan fingerprint density at radius 2 is 1.71 bits per heavy atom. The molecule has 0 aliphatic carbocycles. The van der Waals surface area contributed by atoms with Crippen LogP contribution in [0, 0.1) is 0 Å². The average Bonchev–Trinajstić information content (AvgIpc) is 2.54. The number of hydrogen-bond donors (Lipinski definition) is 1. The van der Waals surface area contributed by atoms with Crippen molar-refractivity contribution < 1.29 is 14.7 Å². The number of ketones is 1. The van der Waals surface area contributed by atoms with Gasteiger partial charge in [0.2, 0.25) is 0 Å². The zero-order valence-corrected chi connectivity index (χ0v) is 14.0. The van der Waals surface area contributed by atoms with Gasteiger partial charge in [-0.05, 0) is 54.1 Å². The molecule has 24 heavy (non-hydrogen) atoms. The molecule has 1 heterocycles. The van der Waals surface area contributed by atoms with Crippen molar-refractivity contribution in [1.29, 1.82) is 0 Å². The second kappa shape index (κ2) is 6.67. The molecule has 0 radical (unpaired) electrons. The van der Waals surface area contributed by atoms with Gasteiger partial charge in [0, 0.05) is 28.4 Å². The molecule has 0 amide bonds. The fourth-order valence-corrected chi connectivity index (χ4v) is 3.26. The van der Waals surface area contributed by atoms with E-state index in [9.17, 15) is 9.59 Å². The van der Waals surface area contributed by atoms with E-state index in [4.69, 9.17) is 28.3 Å². The van der Waals surface area contributed by atoms with Crippen LogP contribution in [0.1, 0.15) is 28.4 Å². The Bertz CT molecular complexity index is 810. The Balaban J connectivity index is 2.01. The third kappa shape index (κ3) is 3.45. The molecule has 1 unspecified atom stereocenters. The normalized spacial score (nSPS) is 17.2. The number of anilines is 1. The van der Waals surface area contributed by atoms with Crippen molar-refractivity contribution in [2.24, 2.45) is 0 Å². The third-order valence-corrected chi connectivity index (χ3v) is 4.27. The molecule has 0 fully saturated rings. The lowest BCUT2D eigenvalue weighted by Crippen LogP contribution is -2.29. The van der Waals surface area contributed by atoms with Gasteiger partial charge < -0.3 is 10.0 Å². The Kier molecular flexibility index (Phi) is 4.60. The van der Waals surface area contributed by atoms with Crippen LogP contribution in [0.4, 0.5) is 5.69 Å². The van der Waals surface area contributed by atoms with Gasteiger partial charge in [0.25, 0.3) is 0 Å². The van der Waals surface area contributed by atoms with Crippen molar-refractivity contribution in [2.45, 2.75) is 12.5 Å². The number of halogens is 2. The van der Waals surface area contributed by atoms with Crippen molar-refractivity contribution in [1.82, 2.24) is 0 Å². The molecule has 1 aliphatic rings. The van der Waals surface area contributed by atoms with Crippen LogP contribution in [-0.2, 0) is 4.79 Å². The second-order valence-corrected chi connectivity index (χ2v) is 6.34. The van der Waals surface area contributed by atoms with Crippen LogP contribution in [0.2, 0.25) is 10.0 Å². The number of rotatable bonds is 3. The van der Waals surface area contributed by atoms with Gasteiger partial charge in [-0.2, -0.15) is 0 Å². The van der Waals surface area contributed by atoms with Crippen LogP contribution in [0.3, 0.4) is 0 Å². The monoisotopic (exact) mass is 361 g/mol. The van der Waals surface area contributed by atoms with Crippen molar-refractivity contribution in [3.8, 4) is 0 Å². The van der Waals surface area contributed by atoms with E-state index in [1.807, 2.05) is 4.90 Å². The lowest BCUT2D eigenvalue weighted by Gasteiger charge is -2.33. The maximum atomic E-state index is 11.9. The van der Waals surface area contributed by atoms with Gasteiger partial charge in [0.05, 0.1) is 11.6 Å². The zero-order chi connectivity index (χ0) is 17.3. The van der Waals surface area contributed by atoms with Crippen molar-refractivity contribution in [3.05, 3.63) is 75.9 Å². The summed E-state index contributed by atoms with van der Waals surface area (Å²) in [6.07, 6.45) is 3.49. The highest BCUT2D eigenvalue weighted by atomic mass is 35.5. The zero-order valence-electron chi connectivity index (χ0n) is 12.4. The molecule has 1 atom stereocenters. The third-order valence-electron chi connectivity index (χ3n) is 3.83. The van der Waals surface area contributed by atoms with Gasteiger partial charge in [-0.25, -0.2) is 4.79 Å². The van der Waals surface area contributed by atoms with E-state index >= 15 is 0 Å². The molecule has 0 saturated carbocycles. The van der Waals surface area contributed by atoms with Gasteiger partial charge in [-0.1, -0.05) is 23.2 Å².